The number of nitrogens with zero attached hydrogens (tertiary/aromatic N) is 2. The number of phenols is 1. The van der Waals surface area contributed by atoms with Crippen LogP contribution in [0.2, 0.25) is 0 Å². The third kappa shape index (κ3) is 4.04. The molecule has 0 bridgehead atoms. The van der Waals surface area contributed by atoms with Crippen molar-refractivity contribution in [2.45, 2.75) is 0 Å². The van der Waals surface area contributed by atoms with E-state index in [1.807, 2.05) is 24.3 Å². The first-order chi connectivity index (χ1) is 14.5. The highest BCUT2D eigenvalue weighted by molar-refractivity contribution is 6.03. The molecule has 0 atom stereocenters. The van der Waals surface area contributed by atoms with Crippen LogP contribution in [0.4, 0.5) is 26.5 Å². The molecule has 0 spiro atoms. The van der Waals surface area contributed by atoms with Crippen LogP contribution in [0.5, 0.6) is 17.4 Å². The molecule has 0 aliphatic carbocycles. The predicted octanol–water partition coefficient (Wildman–Crippen LogP) is 4.50. The Morgan fingerprint density at radius 3 is 2.57 bits per heavy atom. The fraction of sp³-hybridized carbons (Fsp3) is 0. The van der Waals surface area contributed by atoms with Crippen molar-refractivity contribution in [1.29, 1.82) is 0 Å². The molecule has 0 aliphatic rings. The number of nitrogens with two attached hydrogens (primary N) is 1. The highest BCUT2D eigenvalue weighted by atomic mass is 19.1. The maximum absolute atomic E-state index is 13.9. The number of amides is 2. The van der Waals surface area contributed by atoms with E-state index in [1.165, 1.54) is 18.3 Å². The molecule has 150 valence electrons. The number of primary amides is 1. The quantitative estimate of drug-likeness (QED) is 0.363. The summed E-state index contributed by atoms with van der Waals surface area (Å²) in [5, 5.41) is 16.1. The predicted molar refractivity (Wildman–Crippen MR) is 111 cm³/mol. The fourth-order valence-corrected chi connectivity index (χ4v) is 2.90. The lowest BCUT2D eigenvalue weighted by Gasteiger charge is -2.12. The summed E-state index contributed by atoms with van der Waals surface area (Å²) in [5.41, 5.74) is 5.89. The molecule has 9 heteroatoms. The van der Waals surface area contributed by atoms with E-state index in [-0.39, 0.29) is 23.3 Å². The zero-order valence-corrected chi connectivity index (χ0v) is 15.5. The maximum atomic E-state index is 13.9. The topological polar surface area (TPSA) is 122 Å². The largest absolute Gasteiger partial charge is 0.508 e. The second-order valence-electron chi connectivity index (χ2n) is 6.26. The molecule has 0 aliphatic heterocycles. The number of carbonyl (C=O) groups is 1. The smallest absolute Gasteiger partial charge is 0.316 e. The van der Waals surface area contributed by atoms with E-state index in [2.05, 4.69) is 20.6 Å². The first kappa shape index (κ1) is 18.9. The summed E-state index contributed by atoms with van der Waals surface area (Å²) in [6, 6.07) is 15.3. The van der Waals surface area contributed by atoms with Gasteiger partial charge in [0, 0.05) is 29.1 Å². The Morgan fingerprint density at radius 1 is 1.03 bits per heavy atom. The summed E-state index contributed by atoms with van der Waals surface area (Å²) < 4.78 is 19.8. The minimum atomic E-state index is -0.665. The Hall–Kier alpha value is -4.40. The van der Waals surface area contributed by atoms with Crippen molar-refractivity contribution in [2.24, 2.45) is 5.73 Å². The molecule has 4 rings (SSSR count). The molecule has 0 radical (unpaired) electrons. The molecule has 0 saturated carbocycles. The van der Waals surface area contributed by atoms with Gasteiger partial charge in [-0.3, -0.25) is 0 Å². The van der Waals surface area contributed by atoms with Gasteiger partial charge in [-0.15, -0.1) is 0 Å². The van der Waals surface area contributed by atoms with Crippen LogP contribution < -0.4 is 21.1 Å². The van der Waals surface area contributed by atoms with E-state index >= 15 is 0 Å². The molecule has 0 saturated heterocycles. The maximum Gasteiger partial charge on any atom is 0.316 e. The molecule has 0 fully saturated rings. The number of hydrogen-bond acceptors (Lipinski definition) is 6. The molecule has 1 heterocycles. The molecule has 1 aromatic heterocycles. The van der Waals surface area contributed by atoms with Crippen LogP contribution in [0.15, 0.2) is 66.9 Å². The molecule has 5 N–H and O–H groups in total. The van der Waals surface area contributed by atoms with Crippen LogP contribution in [0.3, 0.4) is 0 Å². The molecule has 30 heavy (non-hydrogen) atoms. The van der Waals surface area contributed by atoms with Crippen LogP contribution in [0.25, 0.3) is 10.8 Å². The molecule has 4 aromatic rings. The molecule has 3 aromatic carbocycles. The number of phenolic OH excluding ortho intramolecular Hbond substituents is 1. The summed E-state index contributed by atoms with van der Waals surface area (Å²) >= 11 is 0. The Bertz CT molecular complexity index is 1250. The van der Waals surface area contributed by atoms with Gasteiger partial charge < -0.3 is 26.2 Å². The first-order valence-electron chi connectivity index (χ1n) is 8.84. The van der Waals surface area contributed by atoms with Crippen molar-refractivity contribution in [1.82, 2.24) is 9.97 Å². The van der Waals surface area contributed by atoms with E-state index in [0.29, 0.717) is 11.4 Å². The molecule has 0 unspecified atom stereocenters. The van der Waals surface area contributed by atoms with Gasteiger partial charge in [0.2, 0.25) is 11.8 Å². The number of benzene rings is 3. The Kier molecular flexibility index (Phi) is 5.00. The summed E-state index contributed by atoms with van der Waals surface area (Å²) in [6.45, 7) is 0. The Balaban J connectivity index is 1.63. The zero-order chi connectivity index (χ0) is 21.1. The van der Waals surface area contributed by atoms with Crippen LogP contribution in [-0.4, -0.2) is 21.1 Å². The average molecular weight is 405 g/mol. The van der Waals surface area contributed by atoms with Crippen LogP contribution in [0.1, 0.15) is 0 Å². The van der Waals surface area contributed by atoms with Gasteiger partial charge in [0.25, 0.3) is 0 Å². The second-order valence-corrected chi connectivity index (χ2v) is 6.26. The number of aromatic hydroxyl groups is 1. The summed E-state index contributed by atoms with van der Waals surface area (Å²) in [5.74, 6) is 0.0209. The highest BCUT2D eigenvalue weighted by Crippen LogP contribution is 2.34. The van der Waals surface area contributed by atoms with Gasteiger partial charge in [0.1, 0.15) is 17.3 Å². The minimum Gasteiger partial charge on any atom is -0.508 e. The van der Waals surface area contributed by atoms with Gasteiger partial charge in [-0.25, -0.2) is 14.2 Å². The van der Waals surface area contributed by atoms with Crippen LogP contribution in [0, 0.1) is 5.82 Å². The third-order valence-corrected chi connectivity index (χ3v) is 4.19. The van der Waals surface area contributed by atoms with Gasteiger partial charge in [-0.2, -0.15) is 4.98 Å². The van der Waals surface area contributed by atoms with Crippen LogP contribution in [-0.2, 0) is 0 Å². The van der Waals surface area contributed by atoms with Gasteiger partial charge in [-0.05, 0) is 24.3 Å². The van der Waals surface area contributed by atoms with E-state index in [4.69, 9.17) is 10.5 Å². The second kappa shape index (κ2) is 7.92. The zero-order valence-electron chi connectivity index (χ0n) is 15.5. The number of hydrogen-bond donors (Lipinski definition) is 4. The van der Waals surface area contributed by atoms with Gasteiger partial charge in [0.15, 0.2) is 0 Å². The number of aromatic nitrogens is 2. The molecule has 8 nitrogen and oxygen atoms in total. The van der Waals surface area contributed by atoms with Gasteiger partial charge in [0.05, 0.1) is 11.4 Å². The number of halogens is 1. The summed E-state index contributed by atoms with van der Waals surface area (Å²) in [6.07, 6.45) is 1.47. The van der Waals surface area contributed by atoms with E-state index in [1.54, 1.807) is 18.2 Å². The fourth-order valence-electron chi connectivity index (χ4n) is 2.90. The summed E-state index contributed by atoms with van der Waals surface area (Å²) in [7, 11) is 0. The van der Waals surface area contributed by atoms with Crippen molar-refractivity contribution >= 4 is 34.1 Å². The van der Waals surface area contributed by atoms with E-state index < -0.39 is 11.8 Å². The lowest BCUT2D eigenvalue weighted by molar-refractivity contribution is 0.259. The third-order valence-electron chi connectivity index (χ3n) is 4.19. The van der Waals surface area contributed by atoms with Gasteiger partial charge in [-0.1, -0.05) is 24.3 Å². The summed E-state index contributed by atoms with van der Waals surface area (Å²) in [4.78, 5) is 19.5. The number of nitrogens with one attached hydrogen (secondary N) is 2. The highest BCUT2D eigenvalue weighted by Gasteiger charge is 2.11. The number of fused-ring (bicyclic) bond motifs is 1. The molecule has 2 amide bonds. The minimum absolute atomic E-state index is 0.109. The average Bonchev–Trinajstić information content (AvgIpc) is 2.72. The monoisotopic (exact) mass is 405 g/mol. The Morgan fingerprint density at radius 2 is 1.80 bits per heavy atom. The standard InChI is InChI=1S/C21H16FN5O3/c22-15-11-12(28)5-6-17(15)26-21-24-10-9-19(27-21)30-18-8-7-16(25-20(23)29)13-3-1-2-4-14(13)18/h1-11,28H,(H3,23,25,29)(H,24,26,27). The van der Waals surface area contributed by atoms with Crippen molar-refractivity contribution in [3.8, 4) is 17.4 Å². The lowest BCUT2D eigenvalue weighted by atomic mass is 10.1. The Labute approximate surface area is 170 Å². The van der Waals surface area contributed by atoms with Crippen LogP contribution >= 0.6 is 0 Å². The first-order valence-corrected chi connectivity index (χ1v) is 8.84. The number of carbonyl (C=O) groups excluding carboxylic acids is 1. The van der Waals surface area contributed by atoms with Crippen molar-refractivity contribution < 1.29 is 19.0 Å². The lowest BCUT2D eigenvalue weighted by Crippen LogP contribution is -2.19. The van der Waals surface area contributed by atoms with Gasteiger partial charge >= 0.3 is 6.03 Å². The van der Waals surface area contributed by atoms with Crippen molar-refractivity contribution in [3.63, 3.8) is 0 Å². The normalized spacial score (nSPS) is 10.6. The number of ether oxygens (including phenoxy) is 1. The molecular formula is C21H16FN5O3. The van der Waals surface area contributed by atoms with E-state index in [9.17, 15) is 14.3 Å². The SMILES string of the molecule is NC(=O)Nc1ccc(Oc2ccnc(Nc3ccc(O)cc3F)n2)c2ccccc12. The number of urea groups is 1. The number of anilines is 3. The molecular weight excluding hydrogens is 389 g/mol. The number of rotatable bonds is 5. The van der Waals surface area contributed by atoms with Crippen molar-refractivity contribution in [2.75, 3.05) is 10.6 Å². The van der Waals surface area contributed by atoms with Crippen molar-refractivity contribution in [3.05, 3.63) is 72.7 Å². The van der Waals surface area contributed by atoms with E-state index in [0.717, 1.165) is 16.8 Å².